The zero-order chi connectivity index (χ0) is 13.8. The second-order valence-corrected chi connectivity index (χ2v) is 5.92. The number of carboxylic acids is 1. The molecule has 0 aliphatic rings. The van der Waals surface area contributed by atoms with Gasteiger partial charge in [0.1, 0.15) is 0 Å². The first-order valence-corrected chi connectivity index (χ1v) is 7.19. The van der Waals surface area contributed by atoms with E-state index in [0.717, 1.165) is 0 Å². The monoisotopic (exact) mass is 290 g/mol. The summed E-state index contributed by atoms with van der Waals surface area (Å²) < 4.78 is 23.4. The smallest absolute Gasteiger partial charge is 0.304 e. The third-order valence-electron chi connectivity index (χ3n) is 2.24. The molecule has 0 fully saturated rings. The van der Waals surface area contributed by atoms with Gasteiger partial charge in [-0.15, -0.1) is 11.6 Å². The summed E-state index contributed by atoms with van der Waals surface area (Å²) in [6, 6.07) is 5.27. The van der Waals surface area contributed by atoms with Gasteiger partial charge in [0.25, 0.3) is 0 Å². The molecule has 98 valence electrons. The van der Waals surface area contributed by atoms with E-state index in [-0.39, 0.29) is 16.6 Å². The van der Waals surface area contributed by atoms with Crippen LogP contribution in [0.5, 0.6) is 0 Å². The largest absolute Gasteiger partial charge is 0.481 e. The summed E-state index contributed by atoms with van der Waals surface area (Å²) in [5.41, 5.74) is 0.321. The Balaban J connectivity index is 2.91. The van der Waals surface area contributed by atoms with Gasteiger partial charge in [-0.25, -0.2) is 8.42 Å². The molecule has 1 N–H and O–H groups in total. The molecule has 0 spiro atoms. The lowest BCUT2D eigenvalue weighted by Gasteiger charge is -2.03. The maximum absolute atomic E-state index is 11.7. The molecule has 0 heterocycles. The molecule has 0 aliphatic heterocycles. The lowest BCUT2D eigenvalue weighted by Crippen LogP contribution is -2.11. The molecule has 1 rings (SSSR count). The molecule has 0 bridgehead atoms. The number of benzene rings is 1. The van der Waals surface area contributed by atoms with Gasteiger partial charge in [0.05, 0.1) is 22.9 Å². The van der Waals surface area contributed by atoms with Crippen LogP contribution in [0.25, 0.3) is 0 Å². The highest BCUT2D eigenvalue weighted by Gasteiger charge is 2.16. The number of rotatable bonds is 6. The third kappa shape index (κ3) is 3.82. The Kier molecular flexibility index (Phi) is 4.86. The van der Waals surface area contributed by atoms with Gasteiger partial charge >= 0.3 is 5.97 Å². The Morgan fingerprint density at radius 2 is 1.72 bits per heavy atom. The predicted molar refractivity (Wildman–Crippen MR) is 65.8 cm³/mol. The van der Waals surface area contributed by atoms with Crippen molar-refractivity contribution in [1.82, 2.24) is 0 Å². The fourth-order valence-corrected chi connectivity index (χ4v) is 2.65. The normalized spacial score (nSPS) is 11.2. The molecule has 0 aromatic heterocycles. The first-order chi connectivity index (χ1) is 8.36. The number of carbonyl (C=O) groups is 2. The topological polar surface area (TPSA) is 88.5 Å². The van der Waals surface area contributed by atoms with E-state index < -0.39 is 28.0 Å². The number of hydrogen-bond donors (Lipinski definition) is 1. The van der Waals surface area contributed by atoms with Crippen molar-refractivity contribution in [2.45, 2.75) is 11.3 Å². The average Bonchev–Trinajstić information content (AvgIpc) is 2.36. The lowest BCUT2D eigenvalue weighted by atomic mass is 10.1. The summed E-state index contributed by atoms with van der Waals surface area (Å²) in [6.07, 6.45) is -0.454. The molecule has 1 aromatic carbocycles. The molecular weight excluding hydrogens is 280 g/mol. The van der Waals surface area contributed by atoms with Gasteiger partial charge in [0, 0.05) is 5.56 Å². The minimum absolute atomic E-state index is 0.00475. The molecule has 18 heavy (non-hydrogen) atoms. The zero-order valence-corrected chi connectivity index (χ0v) is 10.9. The Morgan fingerprint density at radius 1 is 1.17 bits per heavy atom. The van der Waals surface area contributed by atoms with Crippen molar-refractivity contribution in [3.05, 3.63) is 29.8 Å². The quantitative estimate of drug-likeness (QED) is 0.631. The van der Waals surface area contributed by atoms with Crippen molar-refractivity contribution in [1.29, 1.82) is 0 Å². The molecule has 0 atom stereocenters. The van der Waals surface area contributed by atoms with Crippen LogP contribution in [-0.4, -0.2) is 36.9 Å². The number of alkyl halides is 1. The molecule has 0 aliphatic carbocycles. The van der Waals surface area contributed by atoms with Crippen molar-refractivity contribution < 1.29 is 23.1 Å². The fraction of sp³-hybridized carbons (Fsp3) is 0.273. The fourth-order valence-electron chi connectivity index (χ4n) is 1.26. The van der Waals surface area contributed by atoms with Gasteiger partial charge in [-0.05, 0) is 12.1 Å². The molecule has 5 nitrogen and oxygen atoms in total. The van der Waals surface area contributed by atoms with E-state index in [9.17, 15) is 18.0 Å². The van der Waals surface area contributed by atoms with E-state index in [1.807, 2.05) is 0 Å². The Hall–Kier alpha value is -1.40. The number of carboxylic acid groups (broad SMARTS) is 1. The van der Waals surface area contributed by atoms with Crippen molar-refractivity contribution in [3.8, 4) is 0 Å². The highest BCUT2D eigenvalue weighted by Crippen LogP contribution is 2.14. The first-order valence-electron chi connectivity index (χ1n) is 5.00. The van der Waals surface area contributed by atoms with Crippen LogP contribution in [0, 0.1) is 0 Å². The van der Waals surface area contributed by atoms with E-state index in [0.29, 0.717) is 5.56 Å². The Labute approximate surface area is 109 Å². The van der Waals surface area contributed by atoms with E-state index in [1.54, 1.807) is 0 Å². The molecular formula is C11H11ClO5S. The van der Waals surface area contributed by atoms with Crippen LogP contribution in [0.3, 0.4) is 0 Å². The Morgan fingerprint density at radius 3 is 2.17 bits per heavy atom. The second-order valence-electron chi connectivity index (χ2n) is 3.54. The lowest BCUT2D eigenvalue weighted by molar-refractivity contribution is -0.136. The van der Waals surface area contributed by atoms with Crippen LogP contribution in [-0.2, 0) is 14.6 Å². The number of aliphatic carboxylic acids is 1. The van der Waals surface area contributed by atoms with Crippen LogP contribution >= 0.6 is 11.6 Å². The second kappa shape index (κ2) is 5.97. The zero-order valence-electron chi connectivity index (χ0n) is 9.30. The SMILES string of the molecule is O=C(O)CCS(=O)(=O)c1ccc(C(=O)CCl)cc1. The third-order valence-corrected chi connectivity index (χ3v) is 4.22. The summed E-state index contributed by atoms with van der Waals surface area (Å²) in [7, 11) is -3.63. The maximum atomic E-state index is 11.7. The van der Waals surface area contributed by atoms with Crippen molar-refractivity contribution >= 4 is 33.2 Å². The van der Waals surface area contributed by atoms with E-state index in [2.05, 4.69) is 0 Å². The van der Waals surface area contributed by atoms with Crippen LogP contribution in [0.2, 0.25) is 0 Å². The van der Waals surface area contributed by atoms with Crippen molar-refractivity contribution in [2.24, 2.45) is 0 Å². The highest BCUT2D eigenvalue weighted by molar-refractivity contribution is 7.91. The number of ketones is 1. The summed E-state index contributed by atoms with van der Waals surface area (Å²) in [4.78, 5) is 21.6. The van der Waals surface area contributed by atoms with Crippen molar-refractivity contribution in [2.75, 3.05) is 11.6 Å². The van der Waals surface area contributed by atoms with Gasteiger partial charge in [-0.1, -0.05) is 12.1 Å². The summed E-state index contributed by atoms with van der Waals surface area (Å²) in [5, 5.41) is 8.45. The van der Waals surface area contributed by atoms with Crippen LogP contribution in [0.1, 0.15) is 16.8 Å². The summed E-state index contributed by atoms with van der Waals surface area (Å²) in [6.45, 7) is 0. The number of halogens is 1. The molecule has 0 unspecified atom stereocenters. The van der Waals surface area contributed by atoms with Crippen LogP contribution < -0.4 is 0 Å². The molecule has 0 saturated carbocycles. The van der Waals surface area contributed by atoms with E-state index in [4.69, 9.17) is 16.7 Å². The van der Waals surface area contributed by atoms with Crippen LogP contribution in [0.4, 0.5) is 0 Å². The van der Waals surface area contributed by atoms with E-state index in [1.165, 1.54) is 24.3 Å². The standard InChI is InChI=1S/C11H11ClO5S/c12-7-10(13)8-1-3-9(4-2-8)18(16,17)6-5-11(14)15/h1-4H,5-7H2,(H,14,15). The first kappa shape index (κ1) is 14.7. The van der Waals surface area contributed by atoms with Crippen molar-refractivity contribution in [3.63, 3.8) is 0 Å². The molecule has 1 aromatic rings. The summed E-state index contributed by atoms with van der Waals surface area (Å²) >= 11 is 5.37. The average molecular weight is 291 g/mol. The molecule has 7 heteroatoms. The molecule has 0 radical (unpaired) electrons. The minimum atomic E-state index is -3.63. The minimum Gasteiger partial charge on any atom is -0.481 e. The van der Waals surface area contributed by atoms with Gasteiger partial charge in [0.2, 0.25) is 0 Å². The Bertz CT molecular complexity index is 547. The maximum Gasteiger partial charge on any atom is 0.304 e. The summed E-state index contributed by atoms with van der Waals surface area (Å²) in [5.74, 6) is -2.12. The van der Waals surface area contributed by atoms with Gasteiger partial charge in [0.15, 0.2) is 15.6 Å². The van der Waals surface area contributed by atoms with Gasteiger partial charge < -0.3 is 5.11 Å². The number of sulfone groups is 1. The number of carbonyl (C=O) groups excluding carboxylic acids is 1. The van der Waals surface area contributed by atoms with Gasteiger partial charge in [-0.2, -0.15) is 0 Å². The molecule has 0 saturated heterocycles. The van der Waals surface area contributed by atoms with Gasteiger partial charge in [-0.3, -0.25) is 9.59 Å². The van der Waals surface area contributed by atoms with Crippen LogP contribution in [0.15, 0.2) is 29.2 Å². The molecule has 0 amide bonds. The number of Topliss-reactive ketones (excluding diaryl/α,β-unsaturated/α-hetero) is 1. The van der Waals surface area contributed by atoms with E-state index >= 15 is 0 Å². The predicted octanol–water partition coefficient (Wildman–Crippen LogP) is 1.36. The highest BCUT2D eigenvalue weighted by atomic mass is 35.5. The number of hydrogen-bond acceptors (Lipinski definition) is 4.